The minimum atomic E-state index is -2.76. The number of amides is 1. The second kappa shape index (κ2) is 9.02. The van der Waals surface area contributed by atoms with Crippen LogP contribution < -0.4 is 5.32 Å². The van der Waals surface area contributed by atoms with Crippen molar-refractivity contribution in [3.63, 3.8) is 0 Å². The molecule has 1 amide bonds. The van der Waals surface area contributed by atoms with Crippen LogP contribution in [0.3, 0.4) is 0 Å². The average Bonchev–Trinajstić information content (AvgIpc) is 3.22. The van der Waals surface area contributed by atoms with Crippen LogP contribution in [0.1, 0.15) is 53.5 Å². The average molecular weight is 446 g/mol. The van der Waals surface area contributed by atoms with Crippen LogP contribution in [0.15, 0.2) is 46.9 Å². The fraction of sp³-hybridized carbons (Fsp3) is 0.348. The monoisotopic (exact) mass is 446 g/mol. The summed E-state index contributed by atoms with van der Waals surface area (Å²) in [7, 11) is 0. The topological polar surface area (TPSA) is 81.4 Å². The summed E-state index contributed by atoms with van der Waals surface area (Å²) in [4.78, 5) is 27.6. The number of alkyl halides is 2. The molecular weight excluding hydrogens is 425 g/mol. The molecule has 0 bridgehead atoms. The van der Waals surface area contributed by atoms with Crippen LogP contribution in [-0.2, 0) is 11.3 Å². The fourth-order valence-electron chi connectivity index (χ4n) is 3.89. The van der Waals surface area contributed by atoms with Crippen LogP contribution in [0.25, 0.3) is 11.1 Å². The molecule has 1 aromatic heterocycles. The Morgan fingerprint density at radius 3 is 2.62 bits per heavy atom. The Labute approximate surface area is 181 Å². The zero-order chi connectivity index (χ0) is 22.7. The number of aromatic nitrogens is 1. The lowest BCUT2D eigenvalue weighted by molar-refractivity contribution is -0.0505. The van der Waals surface area contributed by atoms with Gasteiger partial charge in [-0.15, -0.1) is 0 Å². The van der Waals surface area contributed by atoms with E-state index >= 15 is 0 Å². The predicted molar refractivity (Wildman–Crippen MR) is 109 cm³/mol. The van der Waals surface area contributed by atoms with E-state index in [2.05, 4.69) is 10.3 Å². The Hall–Kier alpha value is -3.36. The number of alkyl carbamates (subject to hydrolysis) is 1. The number of carbonyl (C=O) groups excluding carboxylic acids is 2. The minimum Gasteiger partial charge on any atom is -0.445 e. The number of rotatable bonds is 6. The first kappa shape index (κ1) is 21.9. The zero-order valence-corrected chi connectivity index (χ0v) is 17.0. The Balaban J connectivity index is 1.57. The first-order chi connectivity index (χ1) is 15.4. The first-order valence-electron chi connectivity index (χ1n) is 10.3. The number of halogens is 3. The van der Waals surface area contributed by atoms with E-state index in [-0.39, 0.29) is 54.8 Å². The molecule has 0 saturated heterocycles. The van der Waals surface area contributed by atoms with Gasteiger partial charge in [-0.3, -0.25) is 4.79 Å². The fourth-order valence-corrected chi connectivity index (χ4v) is 3.89. The van der Waals surface area contributed by atoms with Crippen LogP contribution in [0.4, 0.5) is 18.0 Å². The Morgan fingerprint density at radius 2 is 1.94 bits per heavy atom. The number of hydrogen-bond acceptors (Lipinski definition) is 5. The molecule has 1 atom stereocenters. The van der Waals surface area contributed by atoms with Crippen LogP contribution in [-0.4, -0.2) is 23.3 Å². The summed E-state index contributed by atoms with van der Waals surface area (Å²) in [5.41, 5.74) is 0.534. The highest BCUT2D eigenvalue weighted by molar-refractivity contribution is 5.84. The van der Waals surface area contributed by atoms with Crippen molar-refractivity contribution in [3.8, 4) is 0 Å². The van der Waals surface area contributed by atoms with Gasteiger partial charge in [0.05, 0.1) is 5.56 Å². The van der Waals surface area contributed by atoms with Crippen LogP contribution in [0.2, 0.25) is 0 Å². The van der Waals surface area contributed by atoms with Crippen LogP contribution in [0.5, 0.6) is 0 Å². The molecule has 2 aromatic carbocycles. The number of aldehydes is 1. The first-order valence-corrected chi connectivity index (χ1v) is 10.3. The van der Waals surface area contributed by atoms with Crippen molar-refractivity contribution in [3.05, 3.63) is 65.3 Å². The lowest BCUT2D eigenvalue weighted by Crippen LogP contribution is -2.37. The van der Waals surface area contributed by atoms with Crippen molar-refractivity contribution in [2.24, 2.45) is 5.92 Å². The second-order valence-corrected chi connectivity index (χ2v) is 7.86. The quantitative estimate of drug-likeness (QED) is 0.501. The lowest BCUT2D eigenvalue weighted by Gasteiger charge is -2.32. The maximum atomic E-state index is 14.5. The molecule has 0 radical (unpaired) electrons. The maximum Gasteiger partial charge on any atom is 0.408 e. The van der Waals surface area contributed by atoms with E-state index in [1.807, 2.05) is 18.2 Å². The molecular formula is C23H21F3N2O4. The number of nitrogens with one attached hydrogen (secondary N) is 1. The number of nitrogens with zero attached hydrogens (tertiary/aromatic N) is 1. The molecule has 9 heteroatoms. The van der Waals surface area contributed by atoms with Gasteiger partial charge in [-0.1, -0.05) is 30.3 Å². The maximum absolute atomic E-state index is 14.5. The summed E-state index contributed by atoms with van der Waals surface area (Å²) in [5, 5.41) is 2.66. The van der Waals surface area contributed by atoms with Gasteiger partial charge >= 0.3 is 6.09 Å². The van der Waals surface area contributed by atoms with Crippen LogP contribution in [0, 0.1) is 11.7 Å². The third-order valence-electron chi connectivity index (χ3n) is 5.66. The van der Waals surface area contributed by atoms with Gasteiger partial charge in [0.15, 0.2) is 17.7 Å². The second-order valence-electron chi connectivity index (χ2n) is 7.86. The molecule has 0 aliphatic heterocycles. The number of ether oxygens (including phenoxy) is 1. The van der Waals surface area contributed by atoms with Gasteiger partial charge in [0.2, 0.25) is 11.8 Å². The zero-order valence-electron chi connectivity index (χ0n) is 17.0. The van der Waals surface area contributed by atoms with E-state index in [0.29, 0.717) is 6.29 Å². The molecule has 168 valence electrons. The molecule has 1 saturated carbocycles. The van der Waals surface area contributed by atoms with Crippen molar-refractivity contribution in [1.82, 2.24) is 10.3 Å². The van der Waals surface area contributed by atoms with Gasteiger partial charge in [0, 0.05) is 12.8 Å². The summed E-state index contributed by atoms with van der Waals surface area (Å²) < 4.78 is 52.8. The van der Waals surface area contributed by atoms with Crippen molar-refractivity contribution in [2.45, 2.75) is 44.3 Å². The number of hydrogen-bond donors (Lipinski definition) is 1. The van der Waals surface area contributed by atoms with Crippen molar-refractivity contribution >= 4 is 23.5 Å². The van der Waals surface area contributed by atoms with Crippen molar-refractivity contribution in [1.29, 1.82) is 0 Å². The lowest BCUT2D eigenvalue weighted by atomic mass is 9.82. The van der Waals surface area contributed by atoms with E-state index in [1.54, 1.807) is 12.1 Å². The Kier molecular flexibility index (Phi) is 6.16. The van der Waals surface area contributed by atoms with Gasteiger partial charge in [-0.05, 0) is 36.5 Å². The van der Waals surface area contributed by atoms with E-state index in [0.717, 1.165) is 5.56 Å². The van der Waals surface area contributed by atoms with E-state index in [1.165, 1.54) is 12.1 Å². The molecule has 1 aliphatic rings. The van der Waals surface area contributed by atoms with E-state index in [4.69, 9.17) is 9.15 Å². The summed E-state index contributed by atoms with van der Waals surface area (Å²) >= 11 is 0. The molecule has 0 unspecified atom stereocenters. The molecule has 4 rings (SSSR count). The standard InChI is InChI=1S/C23H21F3N2O4/c24-18-16(12-29)6-7-17-20(18)27-21(32-17)19(15-8-10-23(25,26)11-9-15)28-22(30)31-13-14-4-2-1-3-5-14/h1-7,12,15,19H,8-11,13H2,(H,28,30)/t19-/m0/s1. The van der Waals surface area contributed by atoms with Crippen LogP contribution >= 0.6 is 0 Å². The highest BCUT2D eigenvalue weighted by Gasteiger charge is 2.40. The van der Waals surface area contributed by atoms with Gasteiger partial charge < -0.3 is 14.5 Å². The number of benzene rings is 2. The highest BCUT2D eigenvalue weighted by Crippen LogP contribution is 2.42. The highest BCUT2D eigenvalue weighted by atomic mass is 19.3. The molecule has 1 N–H and O–H groups in total. The number of oxazole rings is 1. The predicted octanol–water partition coefficient (Wildman–Crippen LogP) is 5.57. The SMILES string of the molecule is O=Cc1ccc2oc([C@@H](NC(=O)OCc3ccccc3)C3CCC(F)(F)CC3)nc2c1F. The molecule has 32 heavy (non-hydrogen) atoms. The largest absolute Gasteiger partial charge is 0.445 e. The molecule has 1 fully saturated rings. The number of fused-ring (bicyclic) bond motifs is 1. The summed E-state index contributed by atoms with van der Waals surface area (Å²) in [6.45, 7) is 0.0208. The smallest absolute Gasteiger partial charge is 0.408 e. The molecule has 3 aromatic rings. The van der Waals surface area contributed by atoms with Gasteiger partial charge in [0.1, 0.15) is 18.2 Å². The van der Waals surface area contributed by atoms with Gasteiger partial charge in [0.25, 0.3) is 0 Å². The third kappa shape index (κ3) is 4.76. The van der Waals surface area contributed by atoms with Gasteiger partial charge in [-0.2, -0.15) is 0 Å². The van der Waals surface area contributed by atoms with E-state index < -0.39 is 29.8 Å². The third-order valence-corrected chi connectivity index (χ3v) is 5.66. The molecule has 6 nitrogen and oxygen atoms in total. The summed E-state index contributed by atoms with van der Waals surface area (Å²) in [5.74, 6) is -4.02. The van der Waals surface area contributed by atoms with Crippen molar-refractivity contribution < 1.29 is 31.9 Å². The summed E-state index contributed by atoms with van der Waals surface area (Å²) in [6, 6.07) is 10.8. The molecule has 1 aliphatic carbocycles. The Morgan fingerprint density at radius 1 is 1.22 bits per heavy atom. The normalized spacial score (nSPS) is 17.1. The number of carbonyl (C=O) groups is 2. The molecule has 1 heterocycles. The molecule has 0 spiro atoms. The van der Waals surface area contributed by atoms with E-state index in [9.17, 15) is 22.8 Å². The Bertz CT molecular complexity index is 1110. The summed E-state index contributed by atoms with van der Waals surface area (Å²) in [6.07, 6.45) is -0.831. The van der Waals surface area contributed by atoms with Crippen molar-refractivity contribution in [2.75, 3.05) is 0 Å². The van der Waals surface area contributed by atoms with Gasteiger partial charge in [-0.25, -0.2) is 22.9 Å². The minimum absolute atomic E-state index is 0.0196.